The first-order valence-corrected chi connectivity index (χ1v) is 8.65. The molecule has 3 rings (SSSR count). The van der Waals surface area contributed by atoms with Gasteiger partial charge in [-0.2, -0.15) is 0 Å². The highest BCUT2D eigenvalue weighted by Crippen LogP contribution is 2.20. The lowest BCUT2D eigenvalue weighted by Crippen LogP contribution is -2.36. The fraction of sp³-hybridized carbons (Fsp3) is 0.250. The number of halogens is 1. The van der Waals surface area contributed by atoms with Crippen LogP contribution in [0.5, 0.6) is 0 Å². The summed E-state index contributed by atoms with van der Waals surface area (Å²) >= 11 is 0. The number of nitrogens with zero attached hydrogens (tertiary/aromatic N) is 1. The Balaban J connectivity index is 1.60. The highest BCUT2D eigenvalue weighted by molar-refractivity contribution is 6.06. The summed E-state index contributed by atoms with van der Waals surface area (Å²) in [7, 11) is 0. The number of rotatable bonds is 7. The van der Waals surface area contributed by atoms with Crippen LogP contribution in [0.4, 0.5) is 10.1 Å². The minimum absolute atomic E-state index is 0.0547. The number of primary amides is 1. The summed E-state index contributed by atoms with van der Waals surface area (Å²) < 4.78 is 13.7. The van der Waals surface area contributed by atoms with Gasteiger partial charge >= 0.3 is 0 Å². The molecule has 1 fully saturated rings. The maximum Gasteiger partial charge on any atom is 0.252 e. The molecule has 7 heteroatoms. The lowest BCUT2D eigenvalue weighted by atomic mass is 10.1. The van der Waals surface area contributed by atoms with E-state index >= 15 is 0 Å². The Morgan fingerprint density at radius 2 is 1.85 bits per heavy atom. The minimum atomic E-state index is -0.653. The van der Waals surface area contributed by atoms with Crippen molar-refractivity contribution in [2.24, 2.45) is 5.73 Å². The van der Waals surface area contributed by atoms with Crippen molar-refractivity contribution in [3.8, 4) is 0 Å². The van der Waals surface area contributed by atoms with Gasteiger partial charge in [-0.1, -0.05) is 30.3 Å². The number of hydrogen-bond donors (Lipinski definition) is 2. The minimum Gasteiger partial charge on any atom is -0.373 e. The number of carbonyl (C=O) groups excluding carboxylic acids is 3. The van der Waals surface area contributed by atoms with Crippen LogP contribution in [0.25, 0.3) is 0 Å². The van der Waals surface area contributed by atoms with E-state index in [4.69, 9.17) is 5.73 Å². The van der Waals surface area contributed by atoms with Gasteiger partial charge in [0.15, 0.2) is 0 Å². The van der Waals surface area contributed by atoms with E-state index in [-0.39, 0.29) is 43.4 Å². The number of nitrogens with one attached hydrogen (secondary N) is 1. The molecule has 1 aliphatic heterocycles. The summed E-state index contributed by atoms with van der Waals surface area (Å²) in [6.07, 6.45) is 0.475. The van der Waals surface area contributed by atoms with Gasteiger partial charge in [-0.05, 0) is 35.7 Å². The van der Waals surface area contributed by atoms with Crippen molar-refractivity contribution in [3.05, 3.63) is 65.5 Å². The van der Waals surface area contributed by atoms with E-state index in [1.807, 2.05) is 0 Å². The molecule has 0 aromatic heterocycles. The molecule has 6 nitrogen and oxygen atoms in total. The van der Waals surface area contributed by atoms with Crippen LogP contribution in [0.1, 0.15) is 17.5 Å². The monoisotopic (exact) mass is 369 g/mol. The van der Waals surface area contributed by atoms with E-state index in [1.165, 1.54) is 11.0 Å². The van der Waals surface area contributed by atoms with Crippen LogP contribution >= 0.6 is 0 Å². The Bertz CT molecular complexity index is 867. The third-order valence-corrected chi connectivity index (χ3v) is 4.48. The van der Waals surface area contributed by atoms with Gasteiger partial charge in [0.2, 0.25) is 11.8 Å². The van der Waals surface area contributed by atoms with Crippen LogP contribution < -0.4 is 11.1 Å². The van der Waals surface area contributed by atoms with Gasteiger partial charge < -0.3 is 11.1 Å². The van der Waals surface area contributed by atoms with Gasteiger partial charge in [-0.25, -0.2) is 4.39 Å². The molecule has 2 aromatic rings. The Morgan fingerprint density at radius 3 is 2.52 bits per heavy atom. The molecule has 3 amide bonds. The van der Waals surface area contributed by atoms with Gasteiger partial charge in [-0.15, -0.1) is 0 Å². The largest absolute Gasteiger partial charge is 0.373 e. The lowest BCUT2D eigenvalue weighted by Gasteiger charge is -2.16. The Morgan fingerprint density at radius 1 is 1.15 bits per heavy atom. The van der Waals surface area contributed by atoms with E-state index in [2.05, 4.69) is 5.32 Å². The number of hydrogen-bond acceptors (Lipinski definition) is 4. The van der Waals surface area contributed by atoms with Gasteiger partial charge in [-0.3, -0.25) is 19.3 Å². The highest BCUT2D eigenvalue weighted by atomic mass is 19.1. The molecule has 0 spiro atoms. The van der Waals surface area contributed by atoms with Crippen LogP contribution in [-0.2, 0) is 27.2 Å². The number of carbonyl (C=O) groups is 3. The fourth-order valence-corrected chi connectivity index (χ4v) is 3.09. The second-order valence-electron chi connectivity index (χ2n) is 6.47. The molecule has 1 atom stereocenters. The number of amides is 3. The lowest BCUT2D eigenvalue weighted by molar-refractivity contribution is -0.138. The number of benzene rings is 2. The van der Waals surface area contributed by atoms with Gasteiger partial charge in [0.1, 0.15) is 11.9 Å². The van der Waals surface area contributed by atoms with Crippen LogP contribution in [0, 0.1) is 5.82 Å². The summed E-state index contributed by atoms with van der Waals surface area (Å²) in [5.74, 6) is -1.36. The number of anilines is 1. The zero-order valence-electron chi connectivity index (χ0n) is 14.7. The normalized spacial score (nSPS) is 16.6. The van der Waals surface area contributed by atoms with E-state index in [0.29, 0.717) is 11.3 Å². The molecule has 0 bridgehead atoms. The zero-order valence-corrected chi connectivity index (χ0v) is 14.7. The quantitative estimate of drug-likeness (QED) is 0.726. The van der Waals surface area contributed by atoms with Gasteiger partial charge in [0.05, 0.1) is 12.8 Å². The predicted molar refractivity (Wildman–Crippen MR) is 98.2 cm³/mol. The third-order valence-electron chi connectivity index (χ3n) is 4.48. The molecule has 0 saturated carbocycles. The Labute approximate surface area is 156 Å². The Hall–Kier alpha value is -3.22. The average molecular weight is 369 g/mol. The van der Waals surface area contributed by atoms with Crippen molar-refractivity contribution >= 4 is 23.4 Å². The molecular weight excluding hydrogens is 349 g/mol. The average Bonchev–Trinajstić information content (AvgIpc) is 2.89. The van der Waals surface area contributed by atoms with E-state index < -0.39 is 11.9 Å². The SMILES string of the molecule is NC(=O)Cc1ccc(N[C@@H]2CC(=O)N(CCc3ccccc3F)C2=O)cc1. The van der Waals surface area contributed by atoms with Crippen molar-refractivity contribution < 1.29 is 18.8 Å². The standard InChI is InChI=1S/C20H20FN3O3/c21-16-4-2-1-3-14(16)9-10-24-19(26)12-17(20(24)27)23-15-7-5-13(6-8-15)11-18(22)25/h1-8,17,23H,9-12H2,(H2,22,25)/t17-/m1/s1. The smallest absolute Gasteiger partial charge is 0.252 e. The predicted octanol–water partition coefficient (Wildman–Crippen LogP) is 1.64. The maximum absolute atomic E-state index is 13.7. The molecule has 1 heterocycles. The molecule has 140 valence electrons. The van der Waals surface area contributed by atoms with Crippen molar-refractivity contribution in [2.75, 3.05) is 11.9 Å². The maximum atomic E-state index is 13.7. The van der Waals surface area contributed by atoms with Gasteiger partial charge in [0, 0.05) is 12.2 Å². The number of imide groups is 1. The highest BCUT2D eigenvalue weighted by Gasteiger charge is 2.38. The molecule has 3 N–H and O–H groups in total. The van der Waals surface area contributed by atoms with E-state index in [0.717, 1.165) is 5.56 Å². The summed E-state index contributed by atoms with van der Waals surface area (Å²) in [6.45, 7) is 0.147. The summed E-state index contributed by atoms with van der Waals surface area (Å²) in [6, 6.07) is 12.6. The topological polar surface area (TPSA) is 92.5 Å². The molecule has 1 saturated heterocycles. The first-order chi connectivity index (χ1) is 12.9. The molecule has 2 aromatic carbocycles. The van der Waals surface area contributed by atoms with Crippen LogP contribution in [-0.4, -0.2) is 35.2 Å². The van der Waals surface area contributed by atoms with Crippen LogP contribution in [0.2, 0.25) is 0 Å². The van der Waals surface area contributed by atoms with E-state index in [1.54, 1.807) is 42.5 Å². The molecule has 0 radical (unpaired) electrons. The third kappa shape index (κ3) is 4.49. The second kappa shape index (κ2) is 7.99. The Kier molecular flexibility index (Phi) is 5.49. The van der Waals surface area contributed by atoms with Crippen LogP contribution in [0.3, 0.4) is 0 Å². The molecular formula is C20H20FN3O3. The summed E-state index contributed by atoms with van der Waals surface area (Å²) in [5, 5.41) is 3.04. The second-order valence-corrected chi connectivity index (χ2v) is 6.47. The van der Waals surface area contributed by atoms with Crippen molar-refractivity contribution in [2.45, 2.75) is 25.3 Å². The van der Waals surface area contributed by atoms with Gasteiger partial charge in [0.25, 0.3) is 5.91 Å². The van der Waals surface area contributed by atoms with Crippen LogP contribution in [0.15, 0.2) is 48.5 Å². The zero-order chi connectivity index (χ0) is 19.4. The summed E-state index contributed by atoms with van der Waals surface area (Å²) in [5.41, 5.74) is 7.07. The van der Waals surface area contributed by atoms with Crippen molar-refractivity contribution in [1.29, 1.82) is 0 Å². The number of nitrogens with two attached hydrogens (primary N) is 1. The first-order valence-electron chi connectivity index (χ1n) is 8.65. The first kappa shape index (κ1) is 18.6. The van der Waals surface area contributed by atoms with Crippen molar-refractivity contribution in [1.82, 2.24) is 4.90 Å². The van der Waals surface area contributed by atoms with E-state index in [9.17, 15) is 18.8 Å². The molecule has 27 heavy (non-hydrogen) atoms. The number of likely N-dealkylation sites (tertiary alicyclic amines) is 1. The fourth-order valence-electron chi connectivity index (χ4n) is 3.09. The summed E-state index contributed by atoms with van der Waals surface area (Å²) in [4.78, 5) is 36.8. The molecule has 0 aliphatic carbocycles. The molecule has 1 aliphatic rings. The molecule has 0 unspecified atom stereocenters. The van der Waals surface area contributed by atoms with Crippen molar-refractivity contribution in [3.63, 3.8) is 0 Å².